The Hall–Kier alpha value is 0.0900. The highest BCUT2D eigenvalue weighted by molar-refractivity contribution is 7.99. The standard InChI is InChI=1S/C20H38S/c1-2-3-4-5-6-7-8-9-10-14-18-21-19-17-20-15-12-11-13-16-20/h11-12,20H,2-10,13-19H2,1H3. The molecule has 0 bridgehead atoms. The molecule has 0 radical (unpaired) electrons. The fraction of sp³-hybridized carbons (Fsp3) is 0.900. The van der Waals surface area contributed by atoms with E-state index in [1.54, 1.807) is 0 Å². The largest absolute Gasteiger partial charge is 0.162 e. The van der Waals surface area contributed by atoms with Gasteiger partial charge in [0.15, 0.2) is 0 Å². The molecule has 0 nitrogen and oxygen atoms in total. The van der Waals surface area contributed by atoms with E-state index >= 15 is 0 Å². The summed E-state index contributed by atoms with van der Waals surface area (Å²) in [6, 6.07) is 0. The Bertz CT molecular complexity index is 234. The van der Waals surface area contributed by atoms with E-state index in [1.807, 2.05) is 0 Å². The van der Waals surface area contributed by atoms with Crippen molar-refractivity contribution in [3.8, 4) is 0 Å². The number of hydrogen-bond donors (Lipinski definition) is 0. The summed E-state index contributed by atoms with van der Waals surface area (Å²) >= 11 is 2.20. The van der Waals surface area contributed by atoms with Crippen molar-refractivity contribution in [2.45, 2.75) is 96.8 Å². The molecule has 1 heteroatoms. The highest BCUT2D eigenvalue weighted by Crippen LogP contribution is 2.23. The van der Waals surface area contributed by atoms with Crippen LogP contribution in [0.4, 0.5) is 0 Å². The normalized spacial score (nSPS) is 18.2. The van der Waals surface area contributed by atoms with E-state index in [0.29, 0.717) is 0 Å². The summed E-state index contributed by atoms with van der Waals surface area (Å²) in [5.74, 6) is 3.80. The number of hydrogen-bond acceptors (Lipinski definition) is 1. The average Bonchev–Trinajstić information content (AvgIpc) is 2.53. The minimum Gasteiger partial charge on any atom is -0.162 e. The molecule has 0 saturated heterocycles. The molecule has 0 aromatic rings. The lowest BCUT2D eigenvalue weighted by atomic mass is 9.92. The molecule has 0 amide bonds. The van der Waals surface area contributed by atoms with Gasteiger partial charge in [-0.3, -0.25) is 0 Å². The van der Waals surface area contributed by atoms with Gasteiger partial charge in [-0.1, -0.05) is 76.9 Å². The molecule has 0 saturated carbocycles. The van der Waals surface area contributed by atoms with Crippen molar-refractivity contribution in [2.24, 2.45) is 5.92 Å². The van der Waals surface area contributed by atoms with Crippen LogP contribution in [0.15, 0.2) is 12.2 Å². The maximum Gasteiger partial charge on any atom is -0.00648 e. The third-order valence-corrected chi connectivity index (χ3v) is 5.79. The summed E-state index contributed by atoms with van der Waals surface area (Å²) in [4.78, 5) is 0. The quantitative estimate of drug-likeness (QED) is 0.238. The highest BCUT2D eigenvalue weighted by atomic mass is 32.2. The topological polar surface area (TPSA) is 0 Å². The predicted molar refractivity (Wildman–Crippen MR) is 100 cm³/mol. The Labute approximate surface area is 138 Å². The lowest BCUT2D eigenvalue weighted by Gasteiger charge is -2.16. The predicted octanol–water partition coefficient (Wildman–Crippen LogP) is 7.39. The fourth-order valence-corrected chi connectivity index (χ4v) is 4.27. The van der Waals surface area contributed by atoms with Crippen molar-refractivity contribution < 1.29 is 0 Å². The van der Waals surface area contributed by atoms with E-state index in [9.17, 15) is 0 Å². The first-order chi connectivity index (χ1) is 10.4. The first-order valence-corrected chi connectivity index (χ1v) is 10.8. The van der Waals surface area contributed by atoms with Crippen LogP contribution < -0.4 is 0 Å². The molecular weight excluding hydrogens is 272 g/mol. The monoisotopic (exact) mass is 310 g/mol. The van der Waals surface area contributed by atoms with Gasteiger partial charge in [0.2, 0.25) is 0 Å². The van der Waals surface area contributed by atoms with Gasteiger partial charge in [0, 0.05) is 0 Å². The summed E-state index contributed by atoms with van der Waals surface area (Å²) in [7, 11) is 0. The van der Waals surface area contributed by atoms with Crippen LogP contribution in [-0.4, -0.2) is 11.5 Å². The number of thioether (sulfide) groups is 1. The third kappa shape index (κ3) is 12.3. The smallest absolute Gasteiger partial charge is 0.00648 e. The van der Waals surface area contributed by atoms with Gasteiger partial charge < -0.3 is 0 Å². The van der Waals surface area contributed by atoms with E-state index in [4.69, 9.17) is 0 Å². The van der Waals surface area contributed by atoms with E-state index in [-0.39, 0.29) is 0 Å². The molecule has 1 rings (SSSR count). The molecule has 1 aliphatic carbocycles. The lowest BCUT2D eigenvalue weighted by molar-refractivity contribution is 0.469. The van der Waals surface area contributed by atoms with E-state index in [2.05, 4.69) is 30.8 Å². The number of unbranched alkanes of at least 4 members (excludes halogenated alkanes) is 9. The molecule has 21 heavy (non-hydrogen) atoms. The van der Waals surface area contributed by atoms with Crippen molar-refractivity contribution >= 4 is 11.8 Å². The molecule has 124 valence electrons. The van der Waals surface area contributed by atoms with Crippen LogP contribution in [0.3, 0.4) is 0 Å². The van der Waals surface area contributed by atoms with Crippen LogP contribution in [0, 0.1) is 5.92 Å². The fourth-order valence-electron chi connectivity index (χ4n) is 3.16. The molecule has 0 aromatic heterocycles. The summed E-state index contributed by atoms with van der Waals surface area (Å²) < 4.78 is 0. The number of rotatable bonds is 14. The van der Waals surface area contributed by atoms with E-state index < -0.39 is 0 Å². The minimum absolute atomic E-state index is 0.996. The Kier molecular flexibility index (Phi) is 13.7. The average molecular weight is 311 g/mol. The van der Waals surface area contributed by atoms with Gasteiger partial charge in [0.25, 0.3) is 0 Å². The summed E-state index contributed by atoms with van der Waals surface area (Å²) in [5.41, 5.74) is 0. The lowest BCUT2D eigenvalue weighted by Crippen LogP contribution is -2.03. The zero-order chi connectivity index (χ0) is 15.0. The molecule has 1 atom stereocenters. The molecule has 0 spiro atoms. The van der Waals surface area contributed by atoms with Crippen molar-refractivity contribution in [2.75, 3.05) is 11.5 Å². The second-order valence-electron chi connectivity index (χ2n) is 6.73. The van der Waals surface area contributed by atoms with Crippen LogP contribution in [0.2, 0.25) is 0 Å². The Morgan fingerprint density at radius 1 is 0.810 bits per heavy atom. The zero-order valence-electron chi connectivity index (χ0n) is 14.5. The van der Waals surface area contributed by atoms with Crippen LogP contribution in [0.25, 0.3) is 0 Å². The SMILES string of the molecule is CCCCCCCCCCCCSCCC1CC=CCC1. The molecule has 0 heterocycles. The van der Waals surface area contributed by atoms with Crippen LogP contribution in [-0.2, 0) is 0 Å². The van der Waals surface area contributed by atoms with Gasteiger partial charge in [-0.25, -0.2) is 0 Å². The highest BCUT2D eigenvalue weighted by Gasteiger charge is 2.08. The Balaban J connectivity index is 1.70. The summed E-state index contributed by atoms with van der Waals surface area (Å²) in [5, 5.41) is 0. The maximum atomic E-state index is 2.39. The molecule has 0 N–H and O–H groups in total. The molecule has 0 aromatic carbocycles. The first kappa shape index (κ1) is 19.1. The van der Waals surface area contributed by atoms with Crippen LogP contribution in [0.1, 0.15) is 96.8 Å². The molecule has 1 aliphatic rings. The Morgan fingerprint density at radius 3 is 2.10 bits per heavy atom. The second kappa shape index (κ2) is 15.0. The minimum atomic E-state index is 0.996. The Morgan fingerprint density at radius 2 is 1.48 bits per heavy atom. The van der Waals surface area contributed by atoms with Gasteiger partial charge in [-0.2, -0.15) is 11.8 Å². The zero-order valence-corrected chi connectivity index (χ0v) is 15.3. The molecular formula is C20H38S. The van der Waals surface area contributed by atoms with Crippen LogP contribution >= 0.6 is 11.8 Å². The van der Waals surface area contributed by atoms with Crippen molar-refractivity contribution in [3.05, 3.63) is 12.2 Å². The maximum absolute atomic E-state index is 2.39. The summed E-state index contributed by atoms with van der Waals surface area (Å²) in [6.45, 7) is 2.30. The van der Waals surface area contributed by atoms with Crippen molar-refractivity contribution in [1.29, 1.82) is 0 Å². The van der Waals surface area contributed by atoms with Crippen molar-refractivity contribution in [3.63, 3.8) is 0 Å². The molecule has 0 fully saturated rings. The van der Waals surface area contributed by atoms with Gasteiger partial charge in [0.05, 0.1) is 0 Å². The van der Waals surface area contributed by atoms with Crippen molar-refractivity contribution in [1.82, 2.24) is 0 Å². The second-order valence-corrected chi connectivity index (χ2v) is 7.96. The van der Waals surface area contributed by atoms with Gasteiger partial charge >= 0.3 is 0 Å². The number of allylic oxidation sites excluding steroid dienone is 2. The molecule has 0 aliphatic heterocycles. The third-order valence-electron chi connectivity index (χ3n) is 4.69. The van der Waals surface area contributed by atoms with Gasteiger partial charge in [-0.05, 0) is 49.5 Å². The van der Waals surface area contributed by atoms with Gasteiger partial charge in [0.1, 0.15) is 0 Å². The van der Waals surface area contributed by atoms with Crippen LogP contribution in [0.5, 0.6) is 0 Å². The summed E-state index contributed by atoms with van der Waals surface area (Å²) in [6.07, 6.45) is 24.9. The van der Waals surface area contributed by atoms with E-state index in [1.165, 1.54) is 101 Å². The van der Waals surface area contributed by atoms with Gasteiger partial charge in [-0.15, -0.1) is 0 Å². The first-order valence-electron chi connectivity index (χ1n) is 9.66. The molecule has 1 unspecified atom stereocenters. The van der Waals surface area contributed by atoms with E-state index in [0.717, 1.165) is 5.92 Å².